The van der Waals surface area contributed by atoms with E-state index in [0.29, 0.717) is 19.6 Å². The van der Waals surface area contributed by atoms with Crippen LogP contribution in [0.25, 0.3) is 10.9 Å². The second kappa shape index (κ2) is 9.07. The predicted molar refractivity (Wildman–Crippen MR) is 131 cm³/mol. The number of anilines is 1. The smallest absolute Gasteiger partial charge is 0.246 e. The highest BCUT2D eigenvalue weighted by atomic mass is 127. The minimum absolute atomic E-state index is 0. The van der Waals surface area contributed by atoms with Crippen molar-refractivity contribution in [1.82, 2.24) is 25.0 Å². The van der Waals surface area contributed by atoms with Crippen LogP contribution in [0.1, 0.15) is 16.8 Å². The lowest BCUT2D eigenvalue weighted by molar-refractivity contribution is -0.120. The number of nitrogens with zero attached hydrogens (tertiary/aromatic N) is 5. The van der Waals surface area contributed by atoms with E-state index in [0.717, 1.165) is 23.7 Å². The molecule has 0 spiro atoms. The van der Waals surface area contributed by atoms with Crippen molar-refractivity contribution in [3.63, 3.8) is 0 Å². The molecule has 0 saturated carbocycles. The Balaban J connectivity index is 0.00000256. The van der Waals surface area contributed by atoms with Gasteiger partial charge in [0.1, 0.15) is 6.54 Å². The molecule has 2 aromatic heterocycles. The maximum Gasteiger partial charge on any atom is 0.246 e. The molecule has 30 heavy (non-hydrogen) atoms. The number of benzene rings is 1. The third-order valence-corrected chi connectivity index (χ3v) is 5.56. The Labute approximate surface area is 193 Å². The van der Waals surface area contributed by atoms with E-state index >= 15 is 0 Å². The van der Waals surface area contributed by atoms with Gasteiger partial charge in [-0.15, -0.1) is 24.0 Å². The predicted octanol–water partition coefficient (Wildman–Crippen LogP) is 2.56. The standard InChI is InChI=1S/C21H27N7O.HI/c1-14-15(2)25-19-6-5-16(9-18(14)19)10-23-21(22-3)27-7-8-28(20(29)13-27)17-11-24-26(4)12-17;/h5-6,9,11-12,25H,7-8,10,13H2,1-4H3,(H,22,23);1H. The van der Waals surface area contributed by atoms with Crippen molar-refractivity contribution in [1.29, 1.82) is 0 Å². The highest BCUT2D eigenvalue weighted by Crippen LogP contribution is 2.22. The average molecular weight is 521 g/mol. The number of fused-ring (bicyclic) bond motifs is 1. The normalized spacial score (nSPS) is 14.9. The van der Waals surface area contributed by atoms with E-state index < -0.39 is 0 Å². The zero-order valence-electron chi connectivity index (χ0n) is 17.8. The van der Waals surface area contributed by atoms with Gasteiger partial charge in [0.15, 0.2) is 5.96 Å². The molecule has 1 saturated heterocycles. The number of halogens is 1. The van der Waals surface area contributed by atoms with Crippen LogP contribution < -0.4 is 10.2 Å². The molecule has 1 fully saturated rings. The van der Waals surface area contributed by atoms with E-state index in [-0.39, 0.29) is 29.9 Å². The van der Waals surface area contributed by atoms with E-state index in [2.05, 4.69) is 52.4 Å². The third kappa shape index (κ3) is 4.30. The summed E-state index contributed by atoms with van der Waals surface area (Å²) >= 11 is 0. The van der Waals surface area contributed by atoms with Crippen molar-refractivity contribution in [3.05, 3.63) is 47.4 Å². The first-order valence-electron chi connectivity index (χ1n) is 9.78. The van der Waals surface area contributed by atoms with Gasteiger partial charge in [-0.05, 0) is 37.1 Å². The Bertz CT molecular complexity index is 1080. The number of hydrogen-bond acceptors (Lipinski definition) is 3. The topological polar surface area (TPSA) is 81.6 Å². The molecular weight excluding hydrogens is 493 g/mol. The van der Waals surface area contributed by atoms with Crippen LogP contribution in [0.5, 0.6) is 0 Å². The highest BCUT2D eigenvalue weighted by molar-refractivity contribution is 14.0. The molecule has 9 heteroatoms. The lowest BCUT2D eigenvalue weighted by Crippen LogP contribution is -2.55. The summed E-state index contributed by atoms with van der Waals surface area (Å²) < 4.78 is 1.71. The maximum atomic E-state index is 12.7. The number of piperazine rings is 1. The molecule has 1 aromatic carbocycles. The summed E-state index contributed by atoms with van der Waals surface area (Å²) in [6, 6.07) is 6.44. The summed E-state index contributed by atoms with van der Waals surface area (Å²) in [6.07, 6.45) is 3.59. The lowest BCUT2D eigenvalue weighted by atomic mass is 10.1. The molecule has 3 heterocycles. The first-order chi connectivity index (χ1) is 14.0. The summed E-state index contributed by atoms with van der Waals surface area (Å²) in [6.45, 7) is 6.51. The Morgan fingerprint density at radius 2 is 2.10 bits per heavy atom. The van der Waals surface area contributed by atoms with Crippen molar-refractivity contribution >= 4 is 52.4 Å². The zero-order valence-corrected chi connectivity index (χ0v) is 20.1. The molecule has 2 N–H and O–H groups in total. The Hall–Kier alpha value is -2.56. The molecule has 1 aliphatic rings. The average Bonchev–Trinajstić information content (AvgIpc) is 3.26. The number of aryl methyl sites for hydroxylation is 3. The van der Waals surface area contributed by atoms with Crippen molar-refractivity contribution in [2.45, 2.75) is 20.4 Å². The summed E-state index contributed by atoms with van der Waals surface area (Å²) in [5.74, 6) is 0.790. The van der Waals surface area contributed by atoms with Gasteiger partial charge in [-0.25, -0.2) is 0 Å². The number of carbonyl (C=O) groups is 1. The molecular formula is C21H28IN7O. The summed E-state index contributed by atoms with van der Waals surface area (Å²) in [4.78, 5) is 24.2. The number of nitrogens with one attached hydrogen (secondary N) is 2. The molecule has 1 amide bonds. The number of rotatable bonds is 3. The van der Waals surface area contributed by atoms with Crippen LogP contribution in [-0.2, 0) is 18.4 Å². The number of carbonyl (C=O) groups excluding carboxylic acids is 1. The second-order valence-electron chi connectivity index (χ2n) is 7.49. The van der Waals surface area contributed by atoms with Gasteiger partial charge in [0.25, 0.3) is 0 Å². The largest absolute Gasteiger partial charge is 0.358 e. The minimum atomic E-state index is 0. The van der Waals surface area contributed by atoms with Crippen LogP contribution >= 0.6 is 24.0 Å². The van der Waals surface area contributed by atoms with Crippen molar-refractivity contribution in [3.8, 4) is 0 Å². The summed E-state index contributed by atoms with van der Waals surface area (Å²) in [5, 5.41) is 8.81. The van der Waals surface area contributed by atoms with Crippen molar-refractivity contribution < 1.29 is 4.79 Å². The first kappa shape index (κ1) is 22.1. The number of aliphatic imine (C=N–C) groups is 1. The monoisotopic (exact) mass is 521 g/mol. The SMILES string of the molecule is CN=C(NCc1ccc2[nH]c(C)c(C)c2c1)N1CCN(c2cnn(C)c2)C(=O)C1.I. The molecule has 0 atom stereocenters. The fourth-order valence-corrected chi connectivity index (χ4v) is 3.81. The Morgan fingerprint density at radius 1 is 1.30 bits per heavy atom. The van der Waals surface area contributed by atoms with E-state index in [1.165, 1.54) is 22.2 Å². The quantitative estimate of drug-likeness (QED) is 0.316. The molecule has 8 nitrogen and oxygen atoms in total. The van der Waals surface area contributed by atoms with Crippen LogP contribution in [0.2, 0.25) is 0 Å². The number of H-pyrrole nitrogens is 1. The molecule has 0 aliphatic carbocycles. The molecule has 0 radical (unpaired) electrons. The van der Waals surface area contributed by atoms with Gasteiger partial charge in [0, 0.05) is 56.5 Å². The summed E-state index contributed by atoms with van der Waals surface area (Å²) in [7, 11) is 3.60. The maximum absolute atomic E-state index is 12.7. The molecule has 4 rings (SSSR count). The van der Waals surface area contributed by atoms with Crippen LogP contribution in [-0.4, -0.2) is 58.2 Å². The van der Waals surface area contributed by atoms with Gasteiger partial charge in [0.2, 0.25) is 5.91 Å². The zero-order chi connectivity index (χ0) is 20.5. The van der Waals surface area contributed by atoms with Crippen molar-refractivity contribution in [2.75, 3.05) is 31.6 Å². The van der Waals surface area contributed by atoms with Gasteiger partial charge in [-0.1, -0.05) is 6.07 Å². The number of guanidine groups is 1. The highest BCUT2D eigenvalue weighted by Gasteiger charge is 2.27. The molecule has 160 valence electrons. The van der Waals surface area contributed by atoms with E-state index in [4.69, 9.17) is 0 Å². The molecule has 0 unspecified atom stereocenters. The summed E-state index contributed by atoms with van der Waals surface area (Å²) in [5.41, 5.74) is 5.66. The van der Waals surface area contributed by atoms with E-state index in [9.17, 15) is 4.79 Å². The first-order valence-corrected chi connectivity index (χ1v) is 9.78. The number of aromatic nitrogens is 3. The molecule has 0 bridgehead atoms. The Morgan fingerprint density at radius 3 is 2.77 bits per heavy atom. The van der Waals surface area contributed by atoms with Gasteiger partial charge in [-0.3, -0.25) is 14.5 Å². The molecule has 1 aliphatic heterocycles. The van der Waals surface area contributed by atoms with Crippen LogP contribution in [0.3, 0.4) is 0 Å². The van der Waals surface area contributed by atoms with E-state index in [1.807, 2.05) is 18.1 Å². The van der Waals surface area contributed by atoms with E-state index in [1.54, 1.807) is 22.8 Å². The van der Waals surface area contributed by atoms with Crippen molar-refractivity contribution in [2.24, 2.45) is 12.0 Å². The fraction of sp³-hybridized carbons (Fsp3) is 0.381. The van der Waals surface area contributed by atoms with Crippen LogP contribution in [0, 0.1) is 13.8 Å². The molecule has 3 aromatic rings. The second-order valence-corrected chi connectivity index (χ2v) is 7.49. The number of hydrogen-bond donors (Lipinski definition) is 2. The third-order valence-electron chi connectivity index (χ3n) is 5.56. The lowest BCUT2D eigenvalue weighted by Gasteiger charge is -2.35. The van der Waals surface area contributed by atoms with Gasteiger partial charge in [0.05, 0.1) is 11.9 Å². The number of amides is 1. The van der Waals surface area contributed by atoms with Crippen LogP contribution in [0.15, 0.2) is 35.6 Å². The number of aromatic amines is 1. The van der Waals surface area contributed by atoms with Gasteiger partial charge >= 0.3 is 0 Å². The minimum Gasteiger partial charge on any atom is -0.358 e. The van der Waals surface area contributed by atoms with Gasteiger partial charge < -0.3 is 20.1 Å². The van der Waals surface area contributed by atoms with Crippen LogP contribution in [0.4, 0.5) is 5.69 Å². The Kier molecular flexibility index (Phi) is 6.69. The van der Waals surface area contributed by atoms with Gasteiger partial charge in [-0.2, -0.15) is 5.10 Å². The fourth-order valence-electron chi connectivity index (χ4n) is 3.81.